The Morgan fingerprint density at radius 1 is 1.25 bits per heavy atom. The van der Waals surface area contributed by atoms with Crippen LogP contribution in [0.15, 0.2) is 12.1 Å². The van der Waals surface area contributed by atoms with Crippen LogP contribution in [-0.4, -0.2) is 37.7 Å². The van der Waals surface area contributed by atoms with E-state index in [2.05, 4.69) is 43.1 Å². The standard InChI is InChI=1S/C17H28N2O/c1-5-20-17-10-14(4)15(11-16(17)13(2)3)12-19-8-6-18-7-9-19/h10-11,13,18H,5-9,12H2,1-4H3. The molecule has 1 aromatic rings. The molecule has 1 N–H and O–H groups in total. The second-order valence-electron chi connectivity index (χ2n) is 5.93. The Hall–Kier alpha value is -1.06. The molecule has 0 bridgehead atoms. The maximum Gasteiger partial charge on any atom is 0.123 e. The van der Waals surface area contributed by atoms with Gasteiger partial charge in [-0.3, -0.25) is 4.90 Å². The Labute approximate surface area is 123 Å². The first-order valence-corrected chi connectivity index (χ1v) is 7.81. The molecule has 2 rings (SSSR count). The zero-order chi connectivity index (χ0) is 14.5. The van der Waals surface area contributed by atoms with E-state index in [0.717, 1.165) is 45.1 Å². The fourth-order valence-corrected chi connectivity index (χ4v) is 2.76. The van der Waals surface area contributed by atoms with Gasteiger partial charge in [-0.05, 0) is 42.5 Å². The van der Waals surface area contributed by atoms with Crippen LogP contribution in [0.2, 0.25) is 0 Å². The van der Waals surface area contributed by atoms with Crippen LogP contribution < -0.4 is 10.1 Å². The first-order valence-electron chi connectivity index (χ1n) is 7.81. The summed E-state index contributed by atoms with van der Waals surface area (Å²) in [6.45, 7) is 15.0. The summed E-state index contributed by atoms with van der Waals surface area (Å²) >= 11 is 0. The predicted molar refractivity (Wildman–Crippen MR) is 84.6 cm³/mol. The molecular weight excluding hydrogens is 248 g/mol. The van der Waals surface area contributed by atoms with Crippen molar-refractivity contribution in [2.45, 2.75) is 40.2 Å². The van der Waals surface area contributed by atoms with Crippen LogP contribution in [0.4, 0.5) is 0 Å². The molecule has 1 aromatic carbocycles. The molecule has 0 amide bonds. The maximum absolute atomic E-state index is 5.80. The van der Waals surface area contributed by atoms with E-state index in [9.17, 15) is 0 Å². The van der Waals surface area contributed by atoms with E-state index < -0.39 is 0 Å². The van der Waals surface area contributed by atoms with Crippen LogP contribution in [-0.2, 0) is 6.54 Å². The van der Waals surface area contributed by atoms with Gasteiger partial charge < -0.3 is 10.1 Å². The lowest BCUT2D eigenvalue weighted by molar-refractivity contribution is 0.232. The molecule has 1 fully saturated rings. The first-order chi connectivity index (χ1) is 9.61. The number of ether oxygens (including phenoxy) is 1. The molecule has 20 heavy (non-hydrogen) atoms. The monoisotopic (exact) mass is 276 g/mol. The van der Waals surface area contributed by atoms with Gasteiger partial charge in [0, 0.05) is 32.7 Å². The van der Waals surface area contributed by atoms with Gasteiger partial charge in [-0.25, -0.2) is 0 Å². The van der Waals surface area contributed by atoms with Gasteiger partial charge in [0.1, 0.15) is 5.75 Å². The average Bonchev–Trinajstić information content (AvgIpc) is 2.43. The lowest BCUT2D eigenvalue weighted by Gasteiger charge is -2.28. The molecule has 0 aliphatic carbocycles. The number of piperazine rings is 1. The zero-order valence-electron chi connectivity index (χ0n) is 13.3. The second kappa shape index (κ2) is 7.09. The molecule has 0 saturated carbocycles. The Kier molecular flexibility index (Phi) is 5.44. The molecular formula is C17H28N2O. The van der Waals surface area contributed by atoms with E-state index in [1.54, 1.807) is 0 Å². The van der Waals surface area contributed by atoms with Crippen molar-refractivity contribution in [1.82, 2.24) is 10.2 Å². The van der Waals surface area contributed by atoms with Crippen LogP contribution in [0.3, 0.4) is 0 Å². The quantitative estimate of drug-likeness (QED) is 0.895. The summed E-state index contributed by atoms with van der Waals surface area (Å²) in [6.07, 6.45) is 0. The van der Waals surface area contributed by atoms with E-state index in [4.69, 9.17) is 4.74 Å². The zero-order valence-corrected chi connectivity index (χ0v) is 13.3. The molecule has 3 heteroatoms. The predicted octanol–water partition coefficient (Wildman–Crippen LogP) is 2.92. The molecule has 0 atom stereocenters. The molecule has 1 aliphatic heterocycles. The third kappa shape index (κ3) is 3.74. The average molecular weight is 276 g/mol. The normalized spacial score (nSPS) is 16.6. The number of benzene rings is 1. The highest BCUT2D eigenvalue weighted by molar-refractivity contribution is 5.44. The van der Waals surface area contributed by atoms with Crippen LogP contribution in [0.25, 0.3) is 0 Å². The van der Waals surface area contributed by atoms with Gasteiger partial charge in [-0.1, -0.05) is 19.9 Å². The Morgan fingerprint density at radius 3 is 2.55 bits per heavy atom. The summed E-state index contributed by atoms with van der Waals surface area (Å²) < 4.78 is 5.80. The van der Waals surface area contributed by atoms with Crippen LogP contribution in [0.1, 0.15) is 43.4 Å². The molecule has 1 aliphatic rings. The number of hydrogen-bond donors (Lipinski definition) is 1. The first kappa shape index (κ1) is 15.3. The summed E-state index contributed by atoms with van der Waals surface area (Å²) in [5, 5.41) is 3.41. The van der Waals surface area contributed by atoms with Gasteiger partial charge in [-0.15, -0.1) is 0 Å². The highest BCUT2D eigenvalue weighted by atomic mass is 16.5. The molecule has 0 unspecified atom stereocenters. The molecule has 1 saturated heterocycles. The van der Waals surface area contributed by atoms with Crippen molar-refractivity contribution < 1.29 is 4.74 Å². The second-order valence-corrected chi connectivity index (χ2v) is 5.93. The molecule has 0 radical (unpaired) electrons. The Morgan fingerprint density at radius 2 is 1.95 bits per heavy atom. The van der Waals surface area contributed by atoms with Crippen LogP contribution in [0, 0.1) is 6.92 Å². The fourth-order valence-electron chi connectivity index (χ4n) is 2.76. The van der Waals surface area contributed by atoms with Crippen molar-refractivity contribution in [3.63, 3.8) is 0 Å². The van der Waals surface area contributed by atoms with Gasteiger partial charge in [0.05, 0.1) is 6.61 Å². The van der Waals surface area contributed by atoms with Crippen molar-refractivity contribution in [3.8, 4) is 5.75 Å². The molecule has 0 aromatic heterocycles. The maximum atomic E-state index is 5.80. The topological polar surface area (TPSA) is 24.5 Å². The van der Waals surface area contributed by atoms with E-state index in [1.807, 2.05) is 6.92 Å². The largest absolute Gasteiger partial charge is 0.494 e. The lowest BCUT2D eigenvalue weighted by Crippen LogP contribution is -2.43. The van der Waals surface area contributed by atoms with Crippen molar-refractivity contribution in [1.29, 1.82) is 0 Å². The van der Waals surface area contributed by atoms with Crippen LogP contribution >= 0.6 is 0 Å². The third-order valence-electron chi connectivity index (χ3n) is 3.99. The molecule has 0 spiro atoms. The van der Waals surface area contributed by atoms with Gasteiger partial charge >= 0.3 is 0 Å². The lowest BCUT2D eigenvalue weighted by atomic mass is 9.96. The van der Waals surface area contributed by atoms with Gasteiger partial charge in [0.15, 0.2) is 0 Å². The summed E-state index contributed by atoms with van der Waals surface area (Å²) in [5.41, 5.74) is 4.12. The number of rotatable bonds is 5. The number of hydrogen-bond acceptors (Lipinski definition) is 3. The number of nitrogens with one attached hydrogen (secondary N) is 1. The van der Waals surface area contributed by atoms with Gasteiger partial charge in [-0.2, -0.15) is 0 Å². The molecule has 3 nitrogen and oxygen atoms in total. The smallest absolute Gasteiger partial charge is 0.123 e. The highest BCUT2D eigenvalue weighted by Gasteiger charge is 2.15. The summed E-state index contributed by atoms with van der Waals surface area (Å²) in [7, 11) is 0. The fraction of sp³-hybridized carbons (Fsp3) is 0.647. The summed E-state index contributed by atoms with van der Waals surface area (Å²) in [6, 6.07) is 4.57. The van der Waals surface area contributed by atoms with Crippen molar-refractivity contribution in [2.75, 3.05) is 32.8 Å². The Balaban J connectivity index is 2.21. The van der Waals surface area contributed by atoms with Gasteiger partial charge in [0.2, 0.25) is 0 Å². The highest BCUT2D eigenvalue weighted by Crippen LogP contribution is 2.30. The van der Waals surface area contributed by atoms with Crippen LogP contribution in [0.5, 0.6) is 5.75 Å². The minimum Gasteiger partial charge on any atom is -0.494 e. The van der Waals surface area contributed by atoms with E-state index in [-0.39, 0.29) is 0 Å². The van der Waals surface area contributed by atoms with Crippen molar-refractivity contribution in [3.05, 3.63) is 28.8 Å². The van der Waals surface area contributed by atoms with Crippen molar-refractivity contribution >= 4 is 0 Å². The number of aryl methyl sites for hydroxylation is 1. The molecule has 1 heterocycles. The van der Waals surface area contributed by atoms with E-state index in [1.165, 1.54) is 16.7 Å². The minimum absolute atomic E-state index is 0.499. The van der Waals surface area contributed by atoms with E-state index in [0.29, 0.717) is 5.92 Å². The molecule has 112 valence electrons. The summed E-state index contributed by atoms with van der Waals surface area (Å²) in [4.78, 5) is 2.53. The summed E-state index contributed by atoms with van der Waals surface area (Å²) in [5.74, 6) is 1.56. The third-order valence-corrected chi connectivity index (χ3v) is 3.99. The SMILES string of the molecule is CCOc1cc(C)c(CN2CCNCC2)cc1C(C)C. The minimum atomic E-state index is 0.499. The Bertz CT molecular complexity index is 437. The number of nitrogens with zero attached hydrogens (tertiary/aromatic N) is 1. The van der Waals surface area contributed by atoms with Crippen molar-refractivity contribution in [2.24, 2.45) is 0 Å². The van der Waals surface area contributed by atoms with Gasteiger partial charge in [0.25, 0.3) is 0 Å². The van der Waals surface area contributed by atoms with E-state index >= 15 is 0 Å².